The Bertz CT molecular complexity index is 690. The lowest BCUT2D eigenvalue weighted by Crippen LogP contribution is -2.28. The van der Waals surface area contributed by atoms with Gasteiger partial charge in [0.25, 0.3) is 0 Å². The van der Waals surface area contributed by atoms with E-state index in [2.05, 4.69) is 29.7 Å². The number of ether oxygens (including phenoxy) is 1. The molecule has 0 bridgehead atoms. The van der Waals surface area contributed by atoms with Gasteiger partial charge in [-0.25, -0.2) is 5.43 Å². The van der Waals surface area contributed by atoms with Crippen LogP contribution in [0.2, 0.25) is 0 Å². The van der Waals surface area contributed by atoms with E-state index in [0.717, 1.165) is 11.3 Å². The summed E-state index contributed by atoms with van der Waals surface area (Å²) in [7, 11) is 1.68. The zero-order chi connectivity index (χ0) is 13.9. The molecule has 1 atom stereocenters. The summed E-state index contributed by atoms with van der Waals surface area (Å²) in [6, 6.07) is 18.4. The van der Waals surface area contributed by atoms with Crippen LogP contribution >= 0.6 is 11.3 Å². The molecule has 0 amide bonds. The van der Waals surface area contributed by atoms with Crippen LogP contribution in [0.25, 0.3) is 10.1 Å². The average Bonchev–Trinajstić information content (AvgIpc) is 2.92. The summed E-state index contributed by atoms with van der Waals surface area (Å²) in [5.74, 6) is 6.62. The molecule has 0 aliphatic rings. The van der Waals surface area contributed by atoms with Gasteiger partial charge in [-0.2, -0.15) is 0 Å². The Morgan fingerprint density at radius 2 is 1.85 bits per heavy atom. The fraction of sp³-hybridized carbons (Fsp3) is 0.125. The third-order valence-corrected chi connectivity index (χ3v) is 4.53. The quantitative estimate of drug-likeness (QED) is 0.570. The Morgan fingerprint density at radius 1 is 1.10 bits per heavy atom. The van der Waals surface area contributed by atoms with Crippen molar-refractivity contribution in [2.45, 2.75) is 6.04 Å². The highest BCUT2D eigenvalue weighted by molar-refractivity contribution is 7.19. The van der Waals surface area contributed by atoms with Crippen molar-refractivity contribution in [3.8, 4) is 5.75 Å². The van der Waals surface area contributed by atoms with Crippen LogP contribution in [0.4, 0.5) is 0 Å². The fourth-order valence-electron chi connectivity index (χ4n) is 2.37. The van der Waals surface area contributed by atoms with Crippen LogP contribution in [-0.4, -0.2) is 7.11 Å². The molecule has 0 spiro atoms. The van der Waals surface area contributed by atoms with E-state index < -0.39 is 0 Å². The highest BCUT2D eigenvalue weighted by Gasteiger charge is 2.18. The maximum atomic E-state index is 5.78. The van der Waals surface area contributed by atoms with Crippen LogP contribution in [0.1, 0.15) is 16.5 Å². The first-order valence-corrected chi connectivity index (χ1v) is 7.22. The minimum absolute atomic E-state index is 0.0662. The third kappa shape index (κ3) is 2.29. The summed E-state index contributed by atoms with van der Waals surface area (Å²) < 4.78 is 6.69. The predicted octanol–water partition coefficient (Wildman–Crippen LogP) is 3.46. The Kier molecular flexibility index (Phi) is 3.69. The van der Waals surface area contributed by atoms with Crippen molar-refractivity contribution in [2.75, 3.05) is 7.11 Å². The first-order chi connectivity index (χ1) is 9.83. The molecule has 0 saturated carbocycles. The van der Waals surface area contributed by atoms with E-state index in [1.165, 1.54) is 15.0 Å². The van der Waals surface area contributed by atoms with Gasteiger partial charge < -0.3 is 4.74 Å². The molecular weight excluding hydrogens is 268 g/mol. The summed E-state index contributed by atoms with van der Waals surface area (Å²) in [6.07, 6.45) is 0. The van der Waals surface area contributed by atoms with Gasteiger partial charge in [0, 0.05) is 15.1 Å². The van der Waals surface area contributed by atoms with Crippen molar-refractivity contribution in [3.63, 3.8) is 0 Å². The molecule has 102 valence electrons. The van der Waals surface area contributed by atoms with Gasteiger partial charge in [0.1, 0.15) is 5.75 Å². The molecule has 0 saturated heterocycles. The Balaban J connectivity index is 2.09. The van der Waals surface area contributed by atoms with Crippen molar-refractivity contribution in [3.05, 3.63) is 65.0 Å². The maximum absolute atomic E-state index is 5.78. The summed E-state index contributed by atoms with van der Waals surface area (Å²) in [5, 5.41) is 1.24. The smallest absolute Gasteiger partial charge is 0.124 e. The van der Waals surface area contributed by atoms with Crippen LogP contribution in [0.5, 0.6) is 5.75 Å². The average molecular weight is 284 g/mol. The van der Waals surface area contributed by atoms with E-state index in [-0.39, 0.29) is 6.04 Å². The molecule has 3 nitrogen and oxygen atoms in total. The van der Waals surface area contributed by atoms with Gasteiger partial charge in [0.15, 0.2) is 0 Å². The lowest BCUT2D eigenvalue weighted by Gasteiger charge is -2.17. The second kappa shape index (κ2) is 5.63. The van der Waals surface area contributed by atoms with Gasteiger partial charge in [0.2, 0.25) is 0 Å². The highest BCUT2D eigenvalue weighted by Crippen LogP contribution is 2.35. The Morgan fingerprint density at radius 3 is 2.60 bits per heavy atom. The van der Waals surface area contributed by atoms with E-state index in [1.807, 2.05) is 30.3 Å². The molecule has 3 aromatic rings. The zero-order valence-corrected chi connectivity index (χ0v) is 12.0. The van der Waals surface area contributed by atoms with Crippen LogP contribution < -0.4 is 16.0 Å². The molecule has 1 aromatic heterocycles. The first kappa shape index (κ1) is 13.1. The molecular formula is C16H16N2OS. The molecule has 1 unspecified atom stereocenters. The molecule has 0 aliphatic carbocycles. The summed E-state index contributed by atoms with van der Waals surface area (Å²) >= 11 is 1.75. The molecule has 3 rings (SSSR count). The number of methoxy groups -OCH3 is 1. The van der Waals surface area contributed by atoms with E-state index in [9.17, 15) is 0 Å². The minimum atomic E-state index is -0.0662. The van der Waals surface area contributed by atoms with Crippen LogP contribution in [0, 0.1) is 0 Å². The number of hydrazine groups is 1. The van der Waals surface area contributed by atoms with Crippen LogP contribution in [0.3, 0.4) is 0 Å². The number of hydrogen-bond donors (Lipinski definition) is 2. The van der Waals surface area contributed by atoms with Crippen molar-refractivity contribution in [1.82, 2.24) is 5.43 Å². The number of rotatable bonds is 4. The zero-order valence-electron chi connectivity index (χ0n) is 11.2. The number of benzene rings is 2. The molecule has 20 heavy (non-hydrogen) atoms. The van der Waals surface area contributed by atoms with Gasteiger partial charge in [-0.3, -0.25) is 5.84 Å². The summed E-state index contributed by atoms with van der Waals surface area (Å²) in [6.45, 7) is 0. The number of nitrogens with two attached hydrogens (primary N) is 1. The number of thiophene rings is 1. The van der Waals surface area contributed by atoms with Crippen molar-refractivity contribution in [2.24, 2.45) is 5.84 Å². The van der Waals surface area contributed by atoms with Crippen molar-refractivity contribution in [1.29, 1.82) is 0 Å². The van der Waals surface area contributed by atoms with E-state index in [4.69, 9.17) is 10.6 Å². The van der Waals surface area contributed by atoms with Crippen molar-refractivity contribution >= 4 is 21.4 Å². The molecule has 2 aromatic carbocycles. The minimum Gasteiger partial charge on any atom is -0.496 e. The normalized spacial score (nSPS) is 12.5. The number of nitrogens with one attached hydrogen (secondary N) is 1. The maximum Gasteiger partial charge on any atom is 0.124 e. The first-order valence-electron chi connectivity index (χ1n) is 6.41. The SMILES string of the molecule is COc1ccccc1C(NN)c1cc2ccccc2s1. The van der Waals surface area contributed by atoms with Gasteiger partial charge in [0.05, 0.1) is 13.2 Å². The van der Waals surface area contributed by atoms with Gasteiger partial charge in [-0.15, -0.1) is 11.3 Å². The molecule has 1 heterocycles. The van der Waals surface area contributed by atoms with E-state index >= 15 is 0 Å². The number of para-hydroxylation sites is 1. The standard InChI is InChI=1S/C16H16N2OS/c1-19-13-8-4-3-7-12(13)16(18-17)15-10-11-6-2-5-9-14(11)20-15/h2-10,16,18H,17H2,1H3. The second-order valence-corrected chi connectivity index (χ2v) is 5.64. The topological polar surface area (TPSA) is 47.3 Å². The van der Waals surface area contributed by atoms with E-state index in [1.54, 1.807) is 18.4 Å². The molecule has 0 aliphatic heterocycles. The number of hydrogen-bond acceptors (Lipinski definition) is 4. The van der Waals surface area contributed by atoms with Gasteiger partial charge in [-0.1, -0.05) is 36.4 Å². The van der Waals surface area contributed by atoms with Gasteiger partial charge in [-0.05, 0) is 23.6 Å². The summed E-state index contributed by atoms with van der Waals surface area (Å²) in [4.78, 5) is 1.18. The summed E-state index contributed by atoms with van der Waals surface area (Å²) in [5.41, 5.74) is 3.95. The highest BCUT2D eigenvalue weighted by atomic mass is 32.1. The molecule has 0 fully saturated rings. The Hall–Kier alpha value is -1.88. The fourth-order valence-corrected chi connectivity index (χ4v) is 3.52. The molecule has 3 N–H and O–H groups in total. The van der Waals surface area contributed by atoms with Crippen molar-refractivity contribution < 1.29 is 4.74 Å². The predicted molar refractivity (Wildman–Crippen MR) is 84.0 cm³/mol. The third-order valence-electron chi connectivity index (χ3n) is 3.35. The lowest BCUT2D eigenvalue weighted by atomic mass is 10.0. The molecule has 0 radical (unpaired) electrons. The second-order valence-electron chi connectivity index (χ2n) is 4.53. The van der Waals surface area contributed by atoms with E-state index in [0.29, 0.717) is 0 Å². The van der Waals surface area contributed by atoms with Gasteiger partial charge >= 0.3 is 0 Å². The molecule has 4 heteroatoms. The lowest BCUT2D eigenvalue weighted by molar-refractivity contribution is 0.404. The largest absolute Gasteiger partial charge is 0.496 e. The van der Waals surface area contributed by atoms with Crippen LogP contribution in [0.15, 0.2) is 54.6 Å². The number of fused-ring (bicyclic) bond motifs is 1. The van der Waals surface area contributed by atoms with Crippen LogP contribution in [-0.2, 0) is 0 Å². The Labute approximate surface area is 122 Å². The monoisotopic (exact) mass is 284 g/mol.